The fourth-order valence-corrected chi connectivity index (χ4v) is 1.84. The Kier molecular flexibility index (Phi) is 10.9. The Morgan fingerprint density at radius 3 is 2.35 bits per heavy atom. The van der Waals surface area contributed by atoms with Crippen LogP contribution in [0, 0.1) is 13.8 Å². The third-order valence-corrected chi connectivity index (χ3v) is 3.27. The summed E-state index contributed by atoms with van der Waals surface area (Å²) in [5.41, 5.74) is 2.28. The van der Waals surface area contributed by atoms with E-state index in [2.05, 4.69) is 11.4 Å². The van der Waals surface area contributed by atoms with Crippen LogP contribution in [0.5, 0.6) is 5.75 Å². The first-order chi connectivity index (χ1) is 12.0. The smallest absolute Gasteiger partial charge is 0.490 e. The van der Waals surface area contributed by atoms with Crippen LogP contribution in [0.4, 0.5) is 13.2 Å². The molecule has 0 fully saturated rings. The van der Waals surface area contributed by atoms with Gasteiger partial charge in [-0.25, -0.2) is 4.79 Å². The zero-order valence-corrected chi connectivity index (χ0v) is 15.0. The van der Waals surface area contributed by atoms with Crippen molar-refractivity contribution in [2.75, 3.05) is 19.8 Å². The average Bonchev–Trinajstić information content (AvgIpc) is 2.52. The van der Waals surface area contributed by atoms with Crippen LogP contribution in [0.2, 0.25) is 0 Å². The maximum Gasteiger partial charge on any atom is 0.490 e. The molecule has 6 nitrogen and oxygen atoms in total. The zero-order valence-electron chi connectivity index (χ0n) is 15.0. The van der Waals surface area contributed by atoms with Gasteiger partial charge in [0, 0.05) is 19.2 Å². The molecule has 0 radical (unpaired) electrons. The van der Waals surface area contributed by atoms with Crippen molar-refractivity contribution in [2.45, 2.75) is 45.5 Å². The van der Waals surface area contributed by atoms with Gasteiger partial charge < -0.3 is 25.4 Å². The van der Waals surface area contributed by atoms with Gasteiger partial charge in [0.2, 0.25) is 0 Å². The van der Waals surface area contributed by atoms with Crippen molar-refractivity contribution in [2.24, 2.45) is 0 Å². The number of carboxylic acids is 1. The topological polar surface area (TPSA) is 99.0 Å². The number of benzene rings is 1. The molecule has 2 atom stereocenters. The van der Waals surface area contributed by atoms with Crippen molar-refractivity contribution in [1.82, 2.24) is 5.32 Å². The highest BCUT2D eigenvalue weighted by molar-refractivity contribution is 5.73. The number of aliphatic hydroxyl groups excluding tert-OH is 2. The molecule has 0 aromatic heterocycles. The molecule has 0 heterocycles. The Morgan fingerprint density at radius 1 is 1.31 bits per heavy atom. The summed E-state index contributed by atoms with van der Waals surface area (Å²) in [6, 6.07) is 6.18. The number of carbonyl (C=O) groups is 1. The van der Waals surface area contributed by atoms with E-state index in [1.54, 1.807) is 0 Å². The molecule has 1 rings (SSSR count). The van der Waals surface area contributed by atoms with Gasteiger partial charge in [-0.05, 0) is 38.8 Å². The SMILES string of the molecule is Cc1ccc(OCC(O)CNC(C)CCO)c(C)c1.O=C(O)C(F)(F)F. The molecule has 4 N–H and O–H groups in total. The summed E-state index contributed by atoms with van der Waals surface area (Å²) in [6.07, 6.45) is -4.95. The summed E-state index contributed by atoms with van der Waals surface area (Å²) < 4.78 is 37.3. The van der Waals surface area contributed by atoms with E-state index in [-0.39, 0.29) is 19.3 Å². The summed E-state index contributed by atoms with van der Waals surface area (Å²) in [4.78, 5) is 8.90. The standard InChI is InChI=1S/C15H25NO3.C2HF3O2/c1-11-4-5-15(12(2)8-11)19-10-14(18)9-16-13(3)6-7-17;3-2(4,5)1(6)7/h4-5,8,13-14,16-18H,6-7,9-10H2,1-3H3;(H,6,7). The number of aliphatic carboxylic acids is 1. The molecule has 9 heteroatoms. The molecule has 0 amide bonds. The zero-order chi connectivity index (χ0) is 20.3. The fraction of sp³-hybridized carbons (Fsp3) is 0.588. The monoisotopic (exact) mass is 381 g/mol. The summed E-state index contributed by atoms with van der Waals surface area (Å²) in [5, 5.41) is 28.9. The van der Waals surface area contributed by atoms with Gasteiger partial charge in [-0.3, -0.25) is 0 Å². The van der Waals surface area contributed by atoms with Crippen LogP contribution in [-0.2, 0) is 4.79 Å². The van der Waals surface area contributed by atoms with Crippen molar-refractivity contribution >= 4 is 5.97 Å². The van der Waals surface area contributed by atoms with E-state index in [1.807, 2.05) is 32.9 Å². The molecule has 0 spiro atoms. The van der Waals surface area contributed by atoms with E-state index in [9.17, 15) is 18.3 Å². The second-order valence-electron chi connectivity index (χ2n) is 5.86. The lowest BCUT2D eigenvalue weighted by atomic mass is 10.1. The van der Waals surface area contributed by atoms with Crippen molar-refractivity contribution in [3.63, 3.8) is 0 Å². The van der Waals surface area contributed by atoms with E-state index >= 15 is 0 Å². The minimum absolute atomic E-state index is 0.156. The first kappa shape index (κ1) is 24.2. The number of aliphatic hydroxyl groups is 2. The van der Waals surface area contributed by atoms with Gasteiger partial charge in [0.1, 0.15) is 18.5 Å². The van der Waals surface area contributed by atoms with Gasteiger partial charge in [-0.2, -0.15) is 13.2 Å². The second kappa shape index (κ2) is 11.7. The number of hydrogen-bond acceptors (Lipinski definition) is 5. The summed E-state index contributed by atoms with van der Waals surface area (Å²) in [6.45, 7) is 6.90. The number of alkyl halides is 3. The lowest BCUT2D eigenvalue weighted by molar-refractivity contribution is -0.192. The molecule has 0 saturated heterocycles. The molecule has 0 aliphatic heterocycles. The molecule has 0 saturated carbocycles. The Morgan fingerprint density at radius 2 is 1.88 bits per heavy atom. The largest absolute Gasteiger partial charge is 0.491 e. The average molecular weight is 381 g/mol. The molecule has 1 aromatic carbocycles. The molecule has 0 bridgehead atoms. The fourth-order valence-electron chi connectivity index (χ4n) is 1.84. The van der Waals surface area contributed by atoms with E-state index in [0.717, 1.165) is 11.3 Å². The Bertz CT molecular complexity index is 552. The number of aryl methyl sites for hydroxylation is 2. The first-order valence-corrected chi connectivity index (χ1v) is 7.99. The minimum Gasteiger partial charge on any atom is -0.491 e. The number of ether oxygens (including phenoxy) is 1. The molecule has 0 aliphatic rings. The van der Waals surface area contributed by atoms with Gasteiger partial charge in [-0.15, -0.1) is 0 Å². The minimum atomic E-state index is -5.08. The third-order valence-electron chi connectivity index (χ3n) is 3.27. The van der Waals surface area contributed by atoms with Crippen LogP contribution in [0.1, 0.15) is 24.5 Å². The van der Waals surface area contributed by atoms with E-state index in [4.69, 9.17) is 19.7 Å². The highest BCUT2D eigenvalue weighted by Crippen LogP contribution is 2.18. The lowest BCUT2D eigenvalue weighted by Gasteiger charge is -2.17. The van der Waals surface area contributed by atoms with Crippen LogP contribution in [0.15, 0.2) is 18.2 Å². The number of carboxylic acid groups (broad SMARTS) is 1. The van der Waals surface area contributed by atoms with Gasteiger partial charge in [0.05, 0.1) is 0 Å². The lowest BCUT2D eigenvalue weighted by Crippen LogP contribution is -2.37. The van der Waals surface area contributed by atoms with Crippen molar-refractivity contribution in [1.29, 1.82) is 0 Å². The number of hydrogen-bond donors (Lipinski definition) is 4. The maximum absolute atomic E-state index is 10.6. The van der Waals surface area contributed by atoms with E-state index < -0.39 is 18.2 Å². The van der Waals surface area contributed by atoms with E-state index in [1.165, 1.54) is 5.56 Å². The molecule has 150 valence electrons. The predicted molar refractivity (Wildman–Crippen MR) is 90.3 cm³/mol. The Labute approximate surface area is 150 Å². The van der Waals surface area contributed by atoms with Crippen LogP contribution >= 0.6 is 0 Å². The molecule has 2 unspecified atom stereocenters. The number of halogens is 3. The van der Waals surface area contributed by atoms with Crippen molar-refractivity contribution in [3.8, 4) is 5.75 Å². The van der Waals surface area contributed by atoms with Gasteiger partial charge >= 0.3 is 12.1 Å². The predicted octanol–water partition coefficient (Wildman–Crippen LogP) is 2.04. The highest BCUT2D eigenvalue weighted by Gasteiger charge is 2.38. The third kappa shape index (κ3) is 10.9. The molecular weight excluding hydrogens is 355 g/mol. The van der Waals surface area contributed by atoms with E-state index in [0.29, 0.717) is 13.0 Å². The number of nitrogens with one attached hydrogen (secondary N) is 1. The highest BCUT2D eigenvalue weighted by atomic mass is 19.4. The summed E-state index contributed by atoms with van der Waals surface area (Å²) >= 11 is 0. The van der Waals surface area contributed by atoms with Crippen molar-refractivity contribution < 1.29 is 38.0 Å². The molecular formula is C17H26F3NO5. The summed E-state index contributed by atoms with van der Waals surface area (Å²) in [7, 11) is 0. The van der Waals surface area contributed by atoms with Crippen LogP contribution in [0.25, 0.3) is 0 Å². The first-order valence-electron chi connectivity index (χ1n) is 7.99. The van der Waals surface area contributed by atoms with Gasteiger partial charge in [0.25, 0.3) is 0 Å². The van der Waals surface area contributed by atoms with Gasteiger partial charge in [0.15, 0.2) is 0 Å². The quantitative estimate of drug-likeness (QED) is 0.550. The van der Waals surface area contributed by atoms with Crippen LogP contribution in [0.3, 0.4) is 0 Å². The Hall–Kier alpha value is -1.84. The second-order valence-corrected chi connectivity index (χ2v) is 5.86. The molecule has 1 aromatic rings. The number of rotatable bonds is 8. The maximum atomic E-state index is 10.6. The van der Waals surface area contributed by atoms with Crippen LogP contribution < -0.4 is 10.1 Å². The normalized spacial score (nSPS) is 13.4. The van der Waals surface area contributed by atoms with Crippen molar-refractivity contribution in [3.05, 3.63) is 29.3 Å². The van der Waals surface area contributed by atoms with Crippen LogP contribution in [-0.4, -0.2) is 59.4 Å². The molecule has 26 heavy (non-hydrogen) atoms. The Balaban J connectivity index is 0.000000758. The summed E-state index contributed by atoms with van der Waals surface area (Å²) in [5.74, 6) is -1.94. The molecule has 0 aliphatic carbocycles. The van der Waals surface area contributed by atoms with Gasteiger partial charge in [-0.1, -0.05) is 17.7 Å².